The molecule has 0 spiro atoms. The molecule has 2 N–H and O–H groups in total. The van der Waals surface area contributed by atoms with Crippen LogP contribution in [0.3, 0.4) is 0 Å². The molecule has 0 bridgehead atoms. The Morgan fingerprint density at radius 2 is 2.28 bits per heavy atom. The highest BCUT2D eigenvalue weighted by molar-refractivity contribution is 5.97. The van der Waals surface area contributed by atoms with Crippen molar-refractivity contribution in [2.75, 3.05) is 18.4 Å². The summed E-state index contributed by atoms with van der Waals surface area (Å²) in [6.07, 6.45) is 3.31. The maximum atomic E-state index is 14.1. The molecule has 11 heteroatoms. The lowest BCUT2D eigenvalue weighted by molar-refractivity contribution is -0.654. The average Bonchev–Trinajstić information content (AvgIpc) is 3.06. The van der Waals surface area contributed by atoms with Crippen LogP contribution in [0.25, 0.3) is 0 Å². The van der Waals surface area contributed by atoms with Crippen molar-refractivity contribution in [1.29, 1.82) is 0 Å². The third-order valence-corrected chi connectivity index (χ3v) is 5.53. The van der Waals surface area contributed by atoms with Gasteiger partial charge in [0.1, 0.15) is 12.2 Å². The van der Waals surface area contributed by atoms with Crippen LogP contribution < -0.4 is 10.2 Å². The van der Waals surface area contributed by atoms with Crippen LogP contribution in [0.15, 0.2) is 18.3 Å². The Kier molecular flexibility index (Phi) is 6.57. The molecule has 3 amide bonds. The number of hydroxylamine groups is 2. The fraction of sp³-hybridized carbons (Fsp3) is 0.611. The molecule has 2 fully saturated rings. The molecule has 10 nitrogen and oxygen atoms in total. The molecule has 1 saturated carbocycles. The molecule has 3 atom stereocenters. The smallest absolute Gasteiger partial charge is 0.330 e. The van der Waals surface area contributed by atoms with Gasteiger partial charge < -0.3 is 10.1 Å². The number of anilines is 1. The lowest BCUT2D eigenvalue weighted by Crippen LogP contribution is -2.49. The molecule has 1 aromatic rings. The Morgan fingerprint density at radius 1 is 1.52 bits per heavy atom. The average molecular weight is 409 g/mol. The van der Waals surface area contributed by atoms with Gasteiger partial charge in [-0.15, -0.1) is 4.85 Å². The highest BCUT2D eigenvalue weighted by Gasteiger charge is 2.44. The Labute approximate surface area is 166 Å². The van der Waals surface area contributed by atoms with Crippen molar-refractivity contribution >= 4 is 24.0 Å². The molecule has 158 valence electrons. The molecule has 1 saturated heterocycles. The Balaban J connectivity index is 1.73. The van der Waals surface area contributed by atoms with Gasteiger partial charge in [0.05, 0.1) is 25.2 Å². The van der Waals surface area contributed by atoms with Gasteiger partial charge >= 0.3 is 11.7 Å². The summed E-state index contributed by atoms with van der Waals surface area (Å²) in [4.78, 5) is 37.9. The van der Waals surface area contributed by atoms with E-state index >= 15 is 0 Å². The molecule has 3 unspecified atom stereocenters. The minimum absolute atomic E-state index is 0.124. The SMILES string of the molecule is O=CN(O)CC(CC1CCC1)C(=O)N1CC(F)CC1C(=O)Nc1cccn[n+]1[O-]. The normalized spacial score (nSPS) is 22.6. The highest BCUT2D eigenvalue weighted by Crippen LogP contribution is 2.34. The molecule has 2 aliphatic rings. The van der Waals surface area contributed by atoms with Crippen LogP contribution in [0, 0.1) is 17.0 Å². The van der Waals surface area contributed by atoms with Crippen molar-refractivity contribution in [3.05, 3.63) is 23.5 Å². The van der Waals surface area contributed by atoms with Crippen molar-refractivity contribution in [1.82, 2.24) is 15.1 Å². The summed E-state index contributed by atoms with van der Waals surface area (Å²) in [5, 5.41) is 27.5. The van der Waals surface area contributed by atoms with E-state index in [0.29, 0.717) is 17.4 Å². The van der Waals surface area contributed by atoms with Crippen molar-refractivity contribution in [3.8, 4) is 0 Å². The summed E-state index contributed by atoms with van der Waals surface area (Å²) in [5.41, 5.74) is 0. The summed E-state index contributed by atoms with van der Waals surface area (Å²) < 4.78 is 14.1. The Morgan fingerprint density at radius 3 is 2.90 bits per heavy atom. The number of hydrogen-bond donors (Lipinski definition) is 2. The second-order valence-electron chi connectivity index (χ2n) is 7.57. The minimum atomic E-state index is -1.39. The van der Waals surface area contributed by atoms with E-state index in [1.165, 1.54) is 18.3 Å². The number of alkyl halides is 1. The van der Waals surface area contributed by atoms with Crippen LogP contribution in [-0.4, -0.2) is 63.8 Å². The quantitative estimate of drug-likeness (QED) is 0.208. The molecular formula is C18H24FN5O5. The fourth-order valence-corrected chi connectivity index (χ4v) is 3.82. The van der Waals surface area contributed by atoms with E-state index in [0.717, 1.165) is 24.2 Å². The van der Waals surface area contributed by atoms with Crippen LogP contribution in [0.4, 0.5) is 10.2 Å². The van der Waals surface area contributed by atoms with Crippen LogP contribution in [-0.2, 0) is 14.4 Å². The number of halogens is 1. The lowest BCUT2D eigenvalue weighted by atomic mass is 9.78. The summed E-state index contributed by atoms with van der Waals surface area (Å²) in [7, 11) is 0. The van der Waals surface area contributed by atoms with E-state index in [1.807, 2.05) is 0 Å². The standard InChI is InChI=1S/C18H24FN5O5/c19-14-8-15(17(26)21-16-5-2-6-20-24(16)29)23(10-14)18(27)13(9-22(28)11-25)7-12-3-1-4-12/h2,5-6,11-15,28H,1,3-4,7-10H2,(H,21,26). The molecular weight excluding hydrogens is 385 g/mol. The molecule has 3 rings (SSSR count). The first kappa shape index (κ1) is 20.9. The van der Waals surface area contributed by atoms with Gasteiger partial charge in [0, 0.05) is 12.5 Å². The van der Waals surface area contributed by atoms with E-state index in [2.05, 4.69) is 10.4 Å². The van der Waals surface area contributed by atoms with Crippen LogP contribution in [0.2, 0.25) is 0 Å². The third kappa shape index (κ3) is 4.97. The molecule has 1 aromatic heterocycles. The predicted octanol–water partition coefficient (Wildman–Crippen LogP) is 0.246. The molecule has 1 aliphatic carbocycles. The summed E-state index contributed by atoms with van der Waals surface area (Å²) in [6, 6.07) is 1.72. The van der Waals surface area contributed by atoms with Crippen molar-refractivity contribution in [3.63, 3.8) is 0 Å². The second-order valence-corrected chi connectivity index (χ2v) is 7.57. The summed E-state index contributed by atoms with van der Waals surface area (Å²) >= 11 is 0. The van der Waals surface area contributed by atoms with Crippen molar-refractivity contribution < 1.29 is 28.8 Å². The highest BCUT2D eigenvalue weighted by atomic mass is 19.1. The van der Waals surface area contributed by atoms with Crippen LogP contribution >= 0.6 is 0 Å². The Bertz CT molecular complexity index is 762. The van der Waals surface area contributed by atoms with E-state index in [-0.39, 0.29) is 36.6 Å². The number of nitrogens with one attached hydrogen (secondary N) is 1. The number of carbonyl (C=O) groups excluding carboxylic acids is 3. The molecule has 2 heterocycles. The van der Waals surface area contributed by atoms with E-state index in [1.54, 1.807) is 0 Å². The molecule has 0 aromatic carbocycles. The summed E-state index contributed by atoms with van der Waals surface area (Å²) in [5.74, 6) is -1.73. The van der Waals surface area contributed by atoms with Crippen molar-refractivity contribution in [2.45, 2.75) is 44.3 Å². The zero-order valence-electron chi connectivity index (χ0n) is 15.8. The number of carbonyl (C=O) groups is 3. The zero-order valence-corrected chi connectivity index (χ0v) is 15.8. The molecule has 1 aliphatic heterocycles. The molecule has 29 heavy (non-hydrogen) atoms. The van der Waals surface area contributed by atoms with Crippen LogP contribution in [0.5, 0.6) is 0 Å². The second kappa shape index (κ2) is 9.12. The number of likely N-dealkylation sites (tertiary alicyclic amines) is 1. The number of rotatable bonds is 8. The minimum Gasteiger partial charge on any atom is -0.691 e. The predicted molar refractivity (Wildman–Crippen MR) is 96.8 cm³/mol. The third-order valence-electron chi connectivity index (χ3n) is 5.53. The number of nitrogens with zero attached hydrogens (tertiary/aromatic N) is 4. The van der Waals surface area contributed by atoms with E-state index < -0.39 is 29.9 Å². The van der Waals surface area contributed by atoms with Gasteiger partial charge in [-0.25, -0.2) is 19.6 Å². The van der Waals surface area contributed by atoms with Gasteiger partial charge in [0.15, 0.2) is 0 Å². The molecule has 0 radical (unpaired) electrons. The monoisotopic (exact) mass is 409 g/mol. The number of hydrogen-bond acceptors (Lipinski definition) is 6. The maximum Gasteiger partial charge on any atom is 0.330 e. The topological polar surface area (TPSA) is 130 Å². The number of aromatic nitrogens is 2. The van der Waals surface area contributed by atoms with Gasteiger partial charge in [-0.3, -0.25) is 14.8 Å². The first-order valence-electron chi connectivity index (χ1n) is 9.60. The lowest BCUT2D eigenvalue weighted by Gasteiger charge is -2.33. The first-order chi connectivity index (χ1) is 13.9. The maximum absolute atomic E-state index is 14.1. The zero-order chi connectivity index (χ0) is 21.0. The van der Waals surface area contributed by atoms with Gasteiger partial charge in [-0.1, -0.05) is 24.4 Å². The van der Waals surface area contributed by atoms with Gasteiger partial charge in [-0.2, -0.15) is 0 Å². The Hall–Kier alpha value is -2.82. The van der Waals surface area contributed by atoms with Gasteiger partial charge in [-0.05, 0) is 18.4 Å². The van der Waals surface area contributed by atoms with E-state index in [9.17, 15) is 29.2 Å². The fourth-order valence-electron chi connectivity index (χ4n) is 3.82. The largest absolute Gasteiger partial charge is 0.691 e. The summed E-state index contributed by atoms with van der Waals surface area (Å²) in [6.45, 7) is -0.473. The van der Waals surface area contributed by atoms with Crippen molar-refractivity contribution in [2.24, 2.45) is 11.8 Å². The first-order valence-corrected chi connectivity index (χ1v) is 9.60. The van der Waals surface area contributed by atoms with E-state index in [4.69, 9.17) is 0 Å². The van der Waals surface area contributed by atoms with Crippen LogP contribution in [0.1, 0.15) is 32.1 Å². The van der Waals surface area contributed by atoms with Gasteiger partial charge in [0.25, 0.3) is 0 Å². The number of amides is 3. The van der Waals surface area contributed by atoms with Gasteiger partial charge in [0.2, 0.25) is 12.3 Å².